The lowest BCUT2D eigenvalue weighted by Crippen LogP contribution is -2.21. The average Bonchev–Trinajstić information content (AvgIpc) is 3.33. The first-order valence-electron chi connectivity index (χ1n) is 7.88. The summed E-state index contributed by atoms with van der Waals surface area (Å²) in [5, 5.41) is 5.03. The molecule has 0 amide bonds. The van der Waals surface area contributed by atoms with Gasteiger partial charge in [0.1, 0.15) is 11.3 Å². The van der Waals surface area contributed by atoms with Gasteiger partial charge in [-0.2, -0.15) is 0 Å². The molecule has 0 aliphatic heterocycles. The van der Waals surface area contributed by atoms with E-state index in [2.05, 4.69) is 36.2 Å². The molecule has 4 aromatic rings. The highest BCUT2D eigenvalue weighted by atomic mass is 16.5. The van der Waals surface area contributed by atoms with Gasteiger partial charge < -0.3 is 13.4 Å². The molecule has 0 spiro atoms. The molecule has 4 rings (SSSR count). The number of furan rings is 2. The van der Waals surface area contributed by atoms with Gasteiger partial charge in [-0.3, -0.25) is 4.90 Å². The van der Waals surface area contributed by atoms with E-state index in [1.54, 1.807) is 12.5 Å². The van der Waals surface area contributed by atoms with Gasteiger partial charge in [-0.1, -0.05) is 23.4 Å². The van der Waals surface area contributed by atoms with Crippen molar-refractivity contribution in [1.29, 1.82) is 0 Å². The quantitative estimate of drug-likeness (QED) is 0.524. The van der Waals surface area contributed by atoms with Crippen molar-refractivity contribution >= 4 is 11.0 Å². The lowest BCUT2D eigenvalue weighted by molar-refractivity contribution is 0.226. The van der Waals surface area contributed by atoms with E-state index in [1.807, 2.05) is 30.3 Å². The van der Waals surface area contributed by atoms with Crippen LogP contribution in [0.5, 0.6) is 0 Å². The Balaban J connectivity index is 1.56. The maximum absolute atomic E-state index is 5.97. The molecule has 0 aliphatic carbocycles. The van der Waals surface area contributed by atoms with Crippen LogP contribution in [-0.4, -0.2) is 17.1 Å². The van der Waals surface area contributed by atoms with E-state index in [1.165, 1.54) is 0 Å². The van der Waals surface area contributed by atoms with E-state index in [0.717, 1.165) is 22.3 Å². The maximum atomic E-state index is 5.97. The minimum absolute atomic E-state index is 0.122. The summed E-state index contributed by atoms with van der Waals surface area (Å²) in [6, 6.07) is 14.0. The van der Waals surface area contributed by atoms with Crippen molar-refractivity contribution in [3.05, 3.63) is 66.2 Å². The monoisotopic (exact) mass is 322 g/mol. The Labute approximate surface area is 139 Å². The molecule has 0 bridgehead atoms. The molecule has 5 nitrogen and oxygen atoms in total. The predicted molar refractivity (Wildman–Crippen MR) is 90.3 cm³/mol. The summed E-state index contributed by atoms with van der Waals surface area (Å²) in [6.45, 7) is 2.80. The number of aromatic nitrogens is 1. The van der Waals surface area contributed by atoms with Crippen LogP contribution in [0.25, 0.3) is 22.5 Å². The lowest BCUT2D eigenvalue weighted by Gasteiger charge is -2.22. The van der Waals surface area contributed by atoms with Gasteiger partial charge in [0.15, 0.2) is 5.76 Å². The second-order valence-electron chi connectivity index (χ2n) is 5.94. The Hall–Kier alpha value is -2.79. The molecule has 0 N–H and O–H groups in total. The van der Waals surface area contributed by atoms with E-state index >= 15 is 0 Å². The third kappa shape index (κ3) is 2.63. The second kappa shape index (κ2) is 6.02. The predicted octanol–water partition coefficient (Wildman–Crippen LogP) is 4.87. The summed E-state index contributed by atoms with van der Waals surface area (Å²) >= 11 is 0. The standard InChI is InChI=1S/C19H18N2O3/c1-13(18-10-14-6-3-4-7-16(14)23-18)21(2)12-15-11-20-24-19(15)17-8-5-9-22-17/h3-11,13H,12H2,1-2H3/t13-/m0/s1. The molecular weight excluding hydrogens is 304 g/mol. The summed E-state index contributed by atoms with van der Waals surface area (Å²) in [7, 11) is 2.05. The van der Waals surface area contributed by atoms with Crippen molar-refractivity contribution in [3.8, 4) is 11.5 Å². The van der Waals surface area contributed by atoms with E-state index in [9.17, 15) is 0 Å². The number of fused-ring (bicyclic) bond motifs is 1. The van der Waals surface area contributed by atoms with Crippen LogP contribution in [-0.2, 0) is 6.54 Å². The first-order valence-corrected chi connectivity index (χ1v) is 7.88. The van der Waals surface area contributed by atoms with Gasteiger partial charge in [0.05, 0.1) is 18.5 Å². The lowest BCUT2D eigenvalue weighted by atomic mass is 10.1. The fourth-order valence-electron chi connectivity index (χ4n) is 2.81. The van der Waals surface area contributed by atoms with Gasteiger partial charge in [0, 0.05) is 17.5 Å². The Bertz CT molecular complexity index is 904. The first kappa shape index (κ1) is 14.8. The van der Waals surface area contributed by atoms with Crippen LogP contribution in [0.4, 0.5) is 0 Å². The zero-order chi connectivity index (χ0) is 16.5. The maximum Gasteiger partial charge on any atom is 0.206 e. The number of hydrogen-bond donors (Lipinski definition) is 0. The third-order valence-corrected chi connectivity index (χ3v) is 4.33. The molecular formula is C19H18N2O3. The van der Waals surface area contributed by atoms with E-state index in [-0.39, 0.29) is 6.04 Å². The highest BCUT2D eigenvalue weighted by molar-refractivity contribution is 5.77. The molecule has 5 heteroatoms. The van der Waals surface area contributed by atoms with Crippen molar-refractivity contribution in [2.45, 2.75) is 19.5 Å². The third-order valence-electron chi connectivity index (χ3n) is 4.33. The van der Waals surface area contributed by atoms with E-state index < -0.39 is 0 Å². The topological polar surface area (TPSA) is 55.6 Å². The van der Waals surface area contributed by atoms with Crippen LogP contribution in [0.2, 0.25) is 0 Å². The number of nitrogens with zero attached hydrogens (tertiary/aromatic N) is 2. The van der Waals surface area contributed by atoms with Gasteiger partial charge in [-0.05, 0) is 38.2 Å². The van der Waals surface area contributed by atoms with Crippen LogP contribution in [0, 0.1) is 0 Å². The van der Waals surface area contributed by atoms with Gasteiger partial charge in [-0.15, -0.1) is 0 Å². The summed E-state index contributed by atoms with van der Waals surface area (Å²) in [5.74, 6) is 2.30. The van der Waals surface area contributed by atoms with Crippen LogP contribution >= 0.6 is 0 Å². The average molecular weight is 322 g/mol. The Morgan fingerprint density at radius 2 is 2.04 bits per heavy atom. The van der Waals surface area contributed by atoms with Crippen molar-refractivity contribution in [2.24, 2.45) is 0 Å². The van der Waals surface area contributed by atoms with Crippen LogP contribution < -0.4 is 0 Å². The molecule has 3 aromatic heterocycles. The molecule has 122 valence electrons. The number of rotatable bonds is 5. The van der Waals surface area contributed by atoms with Crippen molar-refractivity contribution in [3.63, 3.8) is 0 Å². The fourth-order valence-corrected chi connectivity index (χ4v) is 2.81. The number of para-hydroxylation sites is 1. The van der Waals surface area contributed by atoms with Gasteiger partial charge >= 0.3 is 0 Å². The van der Waals surface area contributed by atoms with Gasteiger partial charge in [-0.25, -0.2) is 0 Å². The summed E-state index contributed by atoms with van der Waals surface area (Å²) < 4.78 is 16.7. The SMILES string of the molecule is C[C@@H](c1cc2ccccc2o1)N(C)Cc1cnoc1-c1ccco1. The molecule has 0 saturated heterocycles. The molecule has 0 unspecified atom stereocenters. The zero-order valence-electron chi connectivity index (χ0n) is 13.6. The second-order valence-corrected chi connectivity index (χ2v) is 5.94. The minimum Gasteiger partial charge on any atom is -0.461 e. The number of benzene rings is 1. The van der Waals surface area contributed by atoms with Gasteiger partial charge in [0.2, 0.25) is 5.76 Å². The highest BCUT2D eigenvalue weighted by Crippen LogP contribution is 2.30. The normalized spacial score (nSPS) is 13.0. The van der Waals surface area contributed by atoms with Crippen molar-refractivity contribution in [2.75, 3.05) is 7.05 Å². The zero-order valence-corrected chi connectivity index (χ0v) is 13.6. The molecule has 1 atom stereocenters. The Morgan fingerprint density at radius 3 is 2.83 bits per heavy atom. The van der Waals surface area contributed by atoms with Crippen LogP contribution in [0.3, 0.4) is 0 Å². The van der Waals surface area contributed by atoms with Crippen molar-refractivity contribution in [1.82, 2.24) is 10.1 Å². The molecule has 1 aromatic carbocycles. The largest absolute Gasteiger partial charge is 0.461 e. The molecule has 0 aliphatic rings. The molecule has 0 saturated carbocycles. The van der Waals surface area contributed by atoms with Crippen LogP contribution in [0.1, 0.15) is 24.3 Å². The molecule has 0 fully saturated rings. The minimum atomic E-state index is 0.122. The van der Waals surface area contributed by atoms with Gasteiger partial charge in [0.25, 0.3) is 0 Å². The molecule has 3 heterocycles. The smallest absolute Gasteiger partial charge is 0.206 e. The Morgan fingerprint density at radius 1 is 1.17 bits per heavy atom. The summed E-state index contributed by atoms with van der Waals surface area (Å²) in [4.78, 5) is 2.19. The molecule has 24 heavy (non-hydrogen) atoms. The van der Waals surface area contributed by atoms with E-state index in [0.29, 0.717) is 18.1 Å². The Kier molecular flexibility index (Phi) is 3.70. The van der Waals surface area contributed by atoms with Crippen molar-refractivity contribution < 1.29 is 13.4 Å². The highest BCUT2D eigenvalue weighted by Gasteiger charge is 2.20. The van der Waals surface area contributed by atoms with E-state index in [4.69, 9.17) is 13.4 Å². The van der Waals surface area contributed by atoms with Crippen LogP contribution in [0.15, 0.2) is 68.3 Å². The molecule has 0 radical (unpaired) electrons. The number of hydrogen-bond acceptors (Lipinski definition) is 5. The summed E-state index contributed by atoms with van der Waals surface area (Å²) in [6.07, 6.45) is 3.36. The summed E-state index contributed by atoms with van der Waals surface area (Å²) in [5.41, 5.74) is 1.89. The fraction of sp³-hybridized carbons (Fsp3) is 0.211. The first-order chi connectivity index (χ1) is 11.7.